The summed E-state index contributed by atoms with van der Waals surface area (Å²) in [5.41, 5.74) is 0.851. The Balaban J connectivity index is 1.93. The zero-order chi connectivity index (χ0) is 18.7. The quantitative estimate of drug-likeness (QED) is 0.332. The minimum atomic E-state index is -0.871. The van der Waals surface area contributed by atoms with Crippen molar-refractivity contribution in [1.29, 1.82) is 0 Å². The van der Waals surface area contributed by atoms with Gasteiger partial charge < -0.3 is 9.53 Å². The van der Waals surface area contributed by atoms with Crippen LogP contribution in [0.1, 0.15) is 24.0 Å². The van der Waals surface area contributed by atoms with Gasteiger partial charge in [0.15, 0.2) is 11.4 Å². The molecule has 0 bridgehead atoms. The lowest BCUT2D eigenvalue weighted by molar-refractivity contribution is -0.385. The van der Waals surface area contributed by atoms with Crippen LogP contribution in [0, 0.1) is 16.7 Å². The second-order valence-corrected chi connectivity index (χ2v) is 6.68. The van der Waals surface area contributed by atoms with Crippen LogP contribution in [0.4, 0.5) is 11.4 Å². The molecule has 0 spiro atoms. The summed E-state index contributed by atoms with van der Waals surface area (Å²) in [5, 5.41) is 11.9. The first-order chi connectivity index (χ1) is 12.5. The summed E-state index contributed by atoms with van der Waals surface area (Å²) >= 11 is 6.05. The smallest absolute Gasteiger partial charge is 0.300 e. The first-order valence-corrected chi connectivity index (χ1v) is 8.41. The van der Waals surface area contributed by atoms with Gasteiger partial charge in [0.2, 0.25) is 0 Å². The van der Waals surface area contributed by atoms with E-state index in [4.69, 9.17) is 22.9 Å². The predicted molar refractivity (Wildman–Crippen MR) is 97.0 cm³/mol. The molecule has 3 rings (SSSR count). The molecule has 1 aliphatic rings. The van der Waals surface area contributed by atoms with Gasteiger partial charge in [0, 0.05) is 11.1 Å². The van der Waals surface area contributed by atoms with Gasteiger partial charge in [-0.05, 0) is 48.6 Å². The molecular formula is C19H15ClN2O4. The van der Waals surface area contributed by atoms with E-state index in [9.17, 15) is 14.9 Å². The van der Waals surface area contributed by atoms with Crippen LogP contribution in [0.25, 0.3) is 4.85 Å². The molecule has 132 valence electrons. The third-order valence-corrected chi connectivity index (χ3v) is 4.89. The Morgan fingerprint density at radius 3 is 2.85 bits per heavy atom. The molecule has 26 heavy (non-hydrogen) atoms. The number of ether oxygens (including phenoxy) is 1. The van der Waals surface area contributed by atoms with Crippen LogP contribution in [0.2, 0.25) is 5.02 Å². The van der Waals surface area contributed by atoms with Gasteiger partial charge in [-0.3, -0.25) is 10.1 Å². The first kappa shape index (κ1) is 17.9. The van der Waals surface area contributed by atoms with Crippen molar-refractivity contribution in [3.8, 4) is 5.75 Å². The van der Waals surface area contributed by atoms with E-state index >= 15 is 0 Å². The van der Waals surface area contributed by atoms with Crippen LogP contribution in [-0.4, -0.2) is 17.8 Å². The summed E-state index contributed by atoms with van der Waals surface area (Å²) in [5.74, 6) is 0.0460. The Hall–Kier alpha value is -2.91. The third kappa shape index (κ3) is 3.26. The number of rotatable bonds is 5. The van der Waals surface area contributed by atoms with E-state index in [0.717, 1.165) is 30.3 Å². The number of carbonyl (C=O) groups excluding carboxylic acids is 1. The number of nitro benzene ring substituents is 1. The Labute approximate surface area is 155 Å². The Bertz CT molecular complexity index is 922. The summed E-state index contributed by atoms with van der Waals surface area (Å²) in [7, 11) is 0. The molecule has 0 fully saturated rings. The Morgan fingerprint density at radius 1 is 1.35 bits per heavy atom. The zero-order valence-corrected chi connectivity index (χ0v) is 14.5. The number of nitro groups is 1. The molecule has 0 N–H and O–H groups in total. The van der Waals surface area contributed by atoms with E-state index in [1.54, 1.807) is 6.07 Å². The normalized spacial score (nSPS) is 18.5. The molecule has 0 saturated carbocycles. The molecule has 1 atom stereocenters. The highest BCUT2D eigenvalue weighted by molar-refractivity contribution is 6.30. The van der Waals surface area contributed by atoms with Crippen LogP contribution in [0.15, 0.2) is 36.4 Å². The molecule has 0 radical (unpaired) electrons. The van der Waals surface area contributed by atoms with Crippen LogP contribution in [0.5, 0.6) is 5.75 Å². The molecule has 7 heteroatoms. The SMILES string of the molecule is [C-]#[N+]c1ccc(OC[C@@]2(C=O)CCCc3cc(Cl)ccc32)c([N+](=O)[O-])c1. The summed E-state index contributed by atoms with van der Waals surface area (Å²) in [6, 6.07) is 9.43. The largest absolute Gasteiger partial charge is 0.485 e. The van der Waals surface area contributed by atoms with Crippen LogP contribution >= 0.6 is 11.6 Å². The third-order valence-electron chi connectivity index (χ3n) is 4.65. The highest BCUT2D eigenvalue weighted by Gasteiger charge is 2.38. The molecule has 0 aliphatic heterocycles. The molecule has 0 unspecified atom stereocenters. The number of aryl methyl sites for hydroxylation is 1. The number of aldehydes is 1. The molecule has 2 aromatic rings. The molecule has 0 saturated heterocycles. The number of hydrogen-bond donors (Lipinski definition) is 0. The first-order valence-electron chi connectivity index (χ1n) is 8.03. The van der Waals surface area contributed by atoms with Gasteiger partial charge in [-0.2, -0.15) is 0 Å². The molecule has 2 aromatic carbocycles. The molecular weight excluding hydrogens is 356 g/mol. The lowest BCUT2D eigenvalue weighted by Gasteiger charge is -2.34. The number of fused-ring (bicyclic) bond motifs is 1. The van der Waals surface area contributed by atoms with Crippen molar-refractivity contribution < 1.29 is 14.5 Å². The van der Waals surface area contributed by atoms with Gasteiger partial charge in [-0.1, -0.05) is 23.7 Å². The molecule has 6 nitrogen and oxygen atoms in total. The van der Waals surface area contributed by atoms with Gasteiger partial charge in [0.05, 0.1) is 16.9 Å². The molecule has 0 aromatic heterocycles. The summed E-state index contributed by atoms with van der Waals surface area (Å²) < 4.78 is 5.71. The van der Waals surface area contributed by atoms with E-state index in [1.165, 1.54) is 18.2 Å². The molecule has 0 heterocycles. The van der Waals surface area contributed by atoms with E-state index in [1.807, 2.05) is 12.1 Å². The van der Waals surface area contributed by atoms with E-state index in [0.29, 0.717) is 11.4 Å². The van der Waals surface area contributed by atoms with Crippen molar-refractivity contribution in [2.24, 2.45) is 0 Å². The van der Waals surface area contributed by atoms with Crippen molar-refractivity contribution in [3.63, 3.8) is 0 Å². The number of halogens is 1. The van der Waals surface area contributed by atoms with Crippen molar-refractivity contribution in [1.82, 2.24) is 0 Å². The highest BCUT2D eigenvalue weighted by Crippen LogP contribution is 2.39. The fraction of sp³-hybridized carbons (Fsp3) is 0.263. The summed E-state index contributed by atoms with van der Waals surface area (Å²) in [4.78, 5) is 25.9. The number of nitrogens with zero attached hydrogens (tertiary/aromatic N) is 2. The van der Waals surface area contributed by atoms with E-state index < -0.39 is 10.3 Å². The summed E-state index contributed by atoms with van der Waals surface area (Å²) in [6.07, 6.45) is 3.08. The second kappa shape index (κ2) is 7.14. The van der Waals surface area contributed by atoms with Crippen LogP contribution < -0.4 is 4.74 Å². The standard InChI is InChI=1S/C19H15ClN2O4/c1-21-15-5-7-18(17(10-15)22(24)25)26-12-19(11-23)8-2-3-13-9-14(20)4-6-16(13)19/h4-7,9-11H,2-3,8,12H2/t19-/m0/s1. The van der Waals surface area contributed by atoms with Crippen LogP contribution in [-0.2, 0) is 16.6 Å². The lowest BCUT2D eigenvalue weighted by atomic mass is 9.71. The van der Waals surface area contributed by atoms with Crippen molar-refractivity contribution in [2.75, 3.05) is 6.61 Å². The van der Waals surface area contributed by atoms with Gasteiger partial charge in [0.25, 0.3) is 0 Å². The number of benzene rings is 2. The van der Waals surface area contributed by atoms with Crippen molar-refractivity contribution >= 4 is 29.3 Å². The second-order valence-electron chi connectivity index (χ2n) is 6.24. The fourth-order valence-electron chi connectivity index (χ4n) is 3.34. The average molecular weight is 371 g/mol. The van der Waals surface area contributed by atoms with Crippen molar-refractivity contribution in [3.05, 3.63) is 74.1 Å². The Kier molecular flexibility index (Phi) is 4.92. The Morgan fingerprint density at radius 2 is 2.15 bits per heavy atom. The monoisotopic (exact) mass is 370 g/mol. The topological polar surface area (TPSA) is 73.8 Å². The van der Waals surface area contributed by atoms with Gasteiger partial charge in [-0.15, -0.1) is 0 Å². The number of carbonyl (C=O) groups is 1. The lowest BCUT2D eigenvalue weighted by Crippen LogP contribution is -2.38. The van der Waals surface area contributed by atoms with Crippen LogP contribution in [0.3, 0.4) is 0 Å². The number of hydrogen-bond acceptors (Lipinski definition) is 4. The molecule has 1 aliphatic carbocycles. The van der Waals surface area contributed by atoms with E-state index in [-0.39, 0.29) is 23.7 Å². The fourth-order valence-corrected chi connectivity index (χ4v) is 3.53. The maximum atomic E-state index is 12.0. The van der Waals surface area contributed by atoms with Gasteiger partial charge in [0.1, 0.15) is 12.9 Å². The van der Waals surface area contributed by atoms with Crippen molar-refractivity contribution in [2.45, 2.75) is 24.7 Å². The predicted octanol–water partition coefficient (Wildman–Crippen LogP) is 4.65. The maximum Gasteiger partial charge on any atom is 0.300 e. The zero-order valence-electron chi connectivity index (χ0n) is 13.8. The minimum absolute atomic E-state index is 0.0106. The van der Waals surface area contributed by atoms with Gasteiger partial charge in [-0.25, -0.2) is 4.85 Å². The van der Waals surface area contributed by atoms with E-state index in [2.05, 4.69) is 4.85 Å². The molecule has 0 amide bonds. The minimum Gasteiger partial charge on any atom is -0.485 e. The van der Waals surface area contributed by atoms with Gasteiger partial charge >= 0.3 is 5.69 Å². The average Bonchev–Trinajstić information content (AvgIpc) is 2.65. The maximum absolute atomic E-state index is 12.0. The summed E-state index contributed by atoms with van der Waals surface area (Å²) in [6.45, 7) is 6.97. The highest BCUT2D eigenvalue weighted by atomic mass is 35.5.